The van der Waals surface area contributed by atoms with Crippen LogP contribution in [0.4, 0.5) is 20.9 Å². The molecule has 33 heavy (non-hydrogen) atoms. The van der Waals surface area contributed by atoms with Crippen LogP contribution < -0.4 is 16.0 Å². The van der Waals surface area contributed by atoms with Gasteiger partial charge in [-0.15, -0.1) is 11.3 Å². The van der Waals surface area contributed by atoms with Gasteiger partial charge in [-0.05, 0) is 30.3 Å². The molecule has 2 aromatic carbocycles. The lowest BCUT2D eigenvalue weighted by Gasteiger charge is -2.18. The topological polar surface area (TPSA) is 121 Å². The van der Waals surface area contributed by atoms with Crippen molar-refractivity contribution in [3.8, 4) is 11.4 Å². The maximum Gasteiger partial charge on any atom is 0.439 e. The molecule has 0 spiro atoms. The van der Waals surface area contributed by atoms with E-state index in [9.17, 15) is 18.8 Å². The second kappa shape index (κ2) is 9.40. The number of carbonyl (C=O) groups excluding carboxylic acids is 2. The maximum absolute atomic E-state index is 14.2. The summed E-state index contributed by atoms with van der Waals surface area (Å²) in [6, 6.07) is 12.6. The Bertz CT molecular complexity index is 1410. The van der Waals surface area contributed by atoms with E-state index in [0.717, 1.165) is 11.3 Å². The van der Waals surface area contributed by atoms with E-state index in [1.807, 2.05) is 0 Å². The molecule has 4 aromatic rings. The molecule has 2 heterocycles. The molecule has 9 nitrogen and oxygen atoms in total. The van der Waals surface area contributed by atoms with E-state index in [2.05, 4.69) is 25.0 Å². The number of aromatic nitrogens is 3. The molecule has 2 amide bonds. The number of thiazole rings is 1. The summed E-state index contributed by atoms with van der Waals surface area (Å²) in [7, 11) is 0. The molecule has 0 bridgehead atoms. The number of carbonyl (C=O) groups is 2. The molecule has 2 aromatic heterocycles. The van der Waals surface area contributed by atoms with E-state index in [1.54, 1.807) is 35.7 Å². The van der Waals surface area contributed by atoms with E-state index in [0.29, 0.717) is 16.9 Å². The van der Waals surface area contributed by atoms with Gasteiger partial charge in [-0.25, -0.2) is 14.2 Å². The third kappa shape index (κ3) is 5.10. The molecular weight excluding hydrogens is 449 g/mol. The molecule has 0 saturated carbocycles. The third-order valence-electron chi connectivity index (χ3n) is 4.36. The lowest BCUT2D eigenvalue weighted by atomic mass is 10.2. The van der Waals surface area contributed by atoms with Gasteiger partial charge < -0.3 is 5.32 Å². The van der Waals surface area contributed by atoms with Gasteiger partial charge in [0.15, 0.2) is 11.0 Å². The van der Waals surface area contributed by atoms with Crippen LogP contribution >= 0.6 is 11.3 Å². The zero-order chi connectivity index (χ0) is 23.4. The van der Waals surface area contributed by atoms with Crippen LogP contribution in [0.1, 0.15) is 12.6 Å². The second-order valence-electron chi connectivity index (χ2n) is 6.71. The van der Waals surface area contributed by atoms with Crippen LogP contribution in [0.25, 0.3) is 17.5 Å². The number of nitrogens with one attached hydrogen (secondary N) is 2. The average molecular weight is 465 g/mol. The van der Waals surface area contributed by atoms with Crippen LogP contribution in [-0.2, 0) is 9.59 Å². The number of para-hydroxylation sites is 1. The largest absolute Gasteiger partial charge is 0.439 e. The van der Waals surface area contributed by atoms with Crippen molar-refractivity contribution in [2.24, 2.45) is 0 Å². The fraction of sp³-hybridized carbons (Fsp3) is 0.0455. The van der Waals surface area contributed by atoms with E-state index in [-0.39, 0.29) is 16.6 Å². The average Bonchev–Trinajstić information content (AvgIpc) is 3.43. The third-order valence-corrected chi connectivity index (χ3v) is 5.20. The Morgan fingerprint density at radius 3 is 2.76 bits per heavy atom. The number of hydrogen-bond donors (Lipinski definition) is 2. The number of rotatable bonds is 6. The molecule has 0 saturated heterocycles. The molecule has 0 fully saturated rings. The van der Waals surface area contributed by atoms with Crippen molar-refractivity contribution in [3.63, 3.8) is 0 Å². The highest BCUT2D eigenvalue weighted by Gasteiger charge is 2.20. The van der Waals surface area contributed by atoms with Crippen LogP contribution in [0, 0.1) is 5.82 Å². The summed E-state index contributed by atoms with van der Waals surface area (Å²) < 4.78 is 18.7. The Balaban J connectivity index is 1.47. The van der Waals surface area contributed by atoms with E-state index in [1.165, 1.54) is 42.2 Å². The van der Waals surface area contributed by atoms with Gasteiger partial charge in [0.1, 0.15) is 5.82 Å². The van der Waals surface area contributed by atoms with Gasteiger partial charge in [-0.2, -0.15) is 0 Å². The Labute approximate surface area is 190 Å². The minimum Gasteiger partial charge on any atom is -0.322 e. The Hall–Kier alpha value is -4.38. The van der Waals surface area contributed by atoms with Gasteiger partial charge in [-0.3, -0.25) is 24.0 Å². The summed E-state index contributed by atoms with van der Waals surface area (Å²) in [5.74, 6) is -1.80. The molecular formula is C22H16FN5O4S. The number of anilines is 3. The van der Waals surface area contributed by atoms with Crippen molar-refractivity contribution in [2.45, 2.75) is 6.92 Å². The number of nitrogens with zero attached hydrogens (tertiary/aromatic N) is 3. The predicted molar refractivity (Wildman–Crippen MR) is 122 cm³/mol. The maximum atomic E-state index is 14.2. The van der Waals surface area contributed by atoms with Crippen molar-refractivity contribution in [3.05, 3.63) is 82.0 Å². The number of halogens is 1. The van der Waals surface area contributed by atoms with Crippen LogP contribution in [0.15, 0.2) is 69.3 Å². The van der Waals surface area contributed by atoms with Crippen molar-refractivity contribution >= 4 is 45.7 Å². The van der Waals surface area contributed by atoms with Gasteiger partial charge in [-0.1, -0.05) is 29.4 Å². The molecule has 0 unspecified atom stereocenters. The molecule has 0 radical (unpaired) electrons. The minimum atomic E-state index is -0.677. The van der Waals surface area contributed by atoms with Crippen LogP contribution in [0.2, 0.25) is 0 Å². The fourth-order valence-electron chi connectivity index (χ4n) is 2.94. The highest BCUT2D eigenvalue weighted by molar-refractivity contribution is 7.14. The van der Waals surface area contributed by atoms with Gasteiger partial charge >= 0.3 is 5.76 Å². The van der Waals surface area contributed by atoms with Gasteiger partial charge in [0.2, 0.25) is 11.8 Å². The molecule has 4 rings (SSSR count). The molecule has 0 aliphatic carbocycles. The SMILES string of the molecule is CC(=O)N(c1nc(/C=C/C(=O)Nc2cccc(-c3noc(=O)[nH]3)c2)cs1)c1ccccc1F. The Morgan fingerprint density at radius 2 is 2.03 bits per heavy atom. The fourth-order valence-corrected chi connectivity index (χ4v) is 3.79. The van der Waals surface area contributed by atoms with E-state index < -0.39 is 23.4 Å². The summed E-state index contributed by atoms with van der Waals surface area (Å²) in [6.45, 7) is 1.32. The van der Waals surface area contributed by atoms with Crippen molar-refractivity contribution < 1.29 is 18.5 Å². The minimum absolute atomic E-state index is 0.0981. The summed E-state index contributed by atoms with van der Waals surface area (Å²) in [6.07, 6.45) is 2.76. The first-order chi connectivity index (χ1) is 15.9. The number of aromatic amines is 1. The standard InChI is InChI=1S/C22H16FN5O4S/c1-13(29)28(18-8-3-2-7-17(18)23)21-25-16(12-33-21)9-10-19(30)24-15-6-4-5-14(11-15)20-26-22(31)32-27-20/h2-12H,1H3,(H,24,30)(H,26,27,31)/b10-9+. The quantitative estimate of drug-likeness (QED) is 0.416. The summed E-state index contributed by atoms with van der Waals surface area (Å²) in [5, 5.41) is 8.24. The number of benzene rings is 2. The van der Waals surface area contributed by atoms with E-state index in [4.69, 9.17) is 0 Å². The molecule has 11 heteroatoms. The number of H-pyrrole nitrogens is 1. The first kappa shape index (κ1) is 21.8. The van der Waals surface area contributed by atoms with Crippen LogP contribution in [0.3, 0.4) is 0 Å². The molecule has 166 valence electrons. The smallest absolute Gasteiger partial charge is 0.322 e. The number of hydrogen-bond acceptors (Lipinski definition) is 7. The molecule has 0 atom stereocenters. The van der Waals surface area contributed by atoms with Crippen molar-refractivity contribution in [1.29, 1.82) is 0 Å². The predicted octanol–water partition coefficient (Wildman–Crippen LogP) is 3.96. The zero-order valence-electron chi connectivity index (χ0n) is 17.1. The summed E-state index contributed by atoms with van der Waals surface area (Å²) >= 11 is 1.15. The van der Waals surface area contributed by atoms with Gasteiger partial charge in [0.25, 0.3) is 0 Å². The second-order valence-corrected chi connectivity index (χ2v) is 7.54. The van der Waals surface area contributed by atoms with Gasteiger partial charge in [0, 0.05) is 29.6 Å². The Kier molecular flexibility index (Phi) is 6.22. The van der Waals surface area contributed by atoms with Crippen LogP contribution in [0.5, 0.6) is 0 Å². The normalized spacial score (nSPS) is 11.0. The first-order valence-corrected chi connectivity index (χ1v) is 10.4. The summed E-state index contributed by atoms with van der Waals surface area (Å²) in [4.78, 5) is 43.5. The zero-order valence-corrected chi connectivity index (χ0v) is 17.9. The summed E-state index contributed by atoms with van der Waals surface area (Å²) in [5.41, 5.74) is 1.57. The van der Waals surface area contributed by atoms with Crippen molar-refractivity contribution in [1.82, 2.24) is 15.1 Å². The van der Waals surface area contributed by atoms with Crippen LogP contribution in [-0.4, -0.2) is 26.9 Å². The first-order valence-electron chi connectivity index (χ1n) is 9.57. The van der Waals surface area contributed by atoms with E-state index >= 15 is 0 Å². The lowest BCUT2D eigenvalue weighted by Crippen LogP contribution is -2.23. The molecule has 0 aliphatic heterocycles. The van der Waals surface area contributed by atoms with Crippen molar-refractivity contribution in [2.75, 3.05) is 10.2 Å². The Morgan fingerprint density at radius 1 is 1.21 bits per heavy atom. The lowest BCUT2D eigenvalue weighted by molar-refractivity contribution is -0.116. The monoisotopic (exact) mass is 465 g/mol. The molecule has 0 aliphatic rings. The highest BCUT2D eigenvalue weighted by atomic mass is 32.1. The van der Waals surface area contributed by atoms with Gasteiger partial charge in [0.05, 0.1) is 11.4 Å². The highest BCUT2D eigenvalue weighted by Crippen LogP contribution is 2.31. The number of amides is 2. The molecule has 2 N–H and O–H groups in total.